The molecular weight excluding hydrogens is 496 g/mol. The number of pyridine rings is 2. The average Bonchev–Trinajstić information content (AvgIpc) is 2.88. The number of ether oxygens (including phenoxy) is 1. The van der Waals surface area contributed by atoms with Crippen LogP contribution in [0.2, 0.25) is 0 Å². The Hall–Kier alpha value is -2.82. The van der Waals surface area contributed by atoms with Gasteiger partial charge in [0.05, 0.1) is 29.4 Å². The van der Waals surface area contributed by atoms with Gasteiger partial charge in [0.2, 0.25) is 0 Å². The molecule has 4 heteroatoms. The van der Waals surface area contributed by atoms with Crippen LogP contribution >= 0.6 is 15.9 Å². The Kier molecular flexibility index (Phi) is 7.40. The quantitative estimate of drug-likeness (QED) is 0.268. The molecule has 3 heterocycles. The van der Waals surface area contributed by atoms with Crippen LogP contribution in [0.25, 0.3) is 22.5 Å². The van der Waals surface area contributed by atoms with Gasteiger partial charge in [-0.1, -0.05) is 66.5 Å². The van der Waals surface area contributed by atoms with Crippen molar-refractivity contribution in [3.05, 3.63) is 106 Å². The minimum atomic E-state index is -0.327. The molecule has 1 aliphatic heterocycles. The Balaban J connectivity index is 1.66. The van der Waals surface area contributed by atoms with Crippen molar-refractivity contribution in [2.45, 2.75) is 45.6 Å². The topological polar surface area (TPSA) is 35.0 Å². The maximum absolute atomic E-state index is 6.52. The average molecular weight is 528 g/mol. The van der Waals surface area contributed by atoms with Gasteiger partial charge in [0.25, 0.3) is 0 Å². The zero-order chi connectivity index (χ0) is 24.2. The Labute approximate surface area is 216 Å². The molecule has 0 saturated carbocycles. The number of halogens is 1. The van der Waals surface area contributed by atoms with Crippen molar-refractivity contribution < 1.29 is 4.74 Å². The zero-order valence-corrected chi connectivity index (χ0v) is 22.0. The van der Waals surface area contributed by atoms with Gasteiger partial charge in [0.15, 0.2) is 0 Å². The fraction of sp³-hybridized carbons (Fsp3) is 0.290. The standard InChI is InChI=1S/C31H31BrN2O/c1-3-21(2)20-35-31-29-14-6-12-27(33-29)24-11-5-9-22(16-24)8-4-10-23-17-25(19-26(32)18-23)28-13-7-15-30(31)34-28/h5-7,9,11-19,21,31H,3-4,8,10,20H2,1-2H3. The molecule has 2 atom stereocenters. The molecule has 1 aliphatic rings. The smallest absolute Gasteiger partial charge is 0.141 e. The summed E-state index contributed by atoms with van der Waals surface area (Å²) in [6.07, 6.45) is 3.88. The Bertz CT molecular complexity index is 1320. The van der Waals surface area contributed by atoms with E-state index in [0.29, 0.717) is 12.5 Å². The highest BCUT2D eigenvalue weighted by Gasteiger charge is 2.21. The van der Waals surface area contributed by atoms with Crippen molar-refractivity contribution in [2.24, 2.45) is 5.92 Å². The van der Waals surface area contributed by atoms with E-state index >= 15 is 0 Å². The van der Waals surface area contributed by atoms with Gasteiger partial charge >= 0.3 is 0 Å². The SMILES string of the molecule is CCC(C)COC1c2cccc(n2)-c2cccc(c2)CCCc2cc(Br)cc(c2)-c2cccc1n2. The molecule has 4 aromatic rings. The fourth-order valence-electron chi connectivity index (χ4n) is 4.54. The summed E-state index contributed by atoms with van der Waals surface area (Å²) < 4.78 is 7.60. The molecule has 2 aromatic heterocycles. The minimum Gasteiger partial charge on any atom is -0.365 e. The van der Waals surface area contributed by atoms with Gasteiger partial charge in [-0.25, -0.2) is 9.97 Å². The Morgan fingerprint density at radius 3 is 2.23 bits per heavy atom. The summed E-state index contributed by atoms with van der Waals surface area (Å²) in [5.74, 6) is 0.464. The van der Waals surface area contributed by atoms with E-state index in [2.05, 4.69) is 109 Å². The Morgan fingerprint density at radius 1 is 0.829 bits per heavy atom. The molecule has 2 aromatic carbocycles. The summed E-state index contributed by atoms with van der Waals surface area (Å²) in [6, 6.07) is 27.9. The lowest BCUT2D eigenvalue weighted by atomic mass is 9.99. The maximum atomic E-state index is 6.52. The number of aromatic nitrogens is 2. The van der Waals surface area contributed by atoms with Crippen LogP contribution in [0.4, 0.5) is 0 Å². The molecular formula is C31H31BrN2O. The van der Waals surface area contributed by atoms with Gasteiger partial charge in [0, 0.05) is 15.6 Å². The molecule has 3 nitrogen and oxygen atoms in total. The molecule has 8 bridgehead atoms. The van der Waals surface area contributed by atoms with Crippen LogP contribution in [-0.2, 0) is 17.6 Å². The van der Waals surface area contributed by atoms with Crippen LogP contribution in [0.5, 0.6) is 0 Å². The van der Waals surface area contributed by atoms with Crippen LogP contribution in [0, 0.1) is 5.92 Å². The lowest BCUT2D eigenvalue weighted by Crippen LogP contribution is -2.15. The number of hydrogen-bond acceptors (Lipinski definition) is 3. The van der Waals surface area contributed by atoms with Crippen LogP contribution in [0.1, 0.15) is 55.3 Å². The lowest BCUT2D eigenvalue weighted by molar-refractivity contribution is 0.0505. The van der Waals surface area contributed by atoms with Crippen molar-refractivity contribution in [1.82, 2.24) is 9.97 Å². The minimum absolute atomic E-state index is 0.327. The number of fused-ring (bicyclic) bond motifs is 10. The lowest BCUT2D eigenvalue weighted by Gasteiger charge is -2.21. The second-order valence-corrected chi connectivity index (χ2v) is 10.4. The molecule has 0 N–H and O–H groups in total. The third-order valence-corrected chi connectivity index (χ3v) is 7.19. The monoisotopic (exact) mass is 526 g/mol. The van der Waals surface area contributed by atoms with E-state index in [1.54, 1.807) is 0 Å². The summed E-state index contributed by atoms with van der Waals surface area (Å²) in [7, 11) is 0. The van der Waals surface area contributed by atoms with Crippen LogP contribution in [-0.4, -0.2) is 16.6 Å². The van der Waals surface area contributed by atoms with E-state index in [1.165, 1.54) is 11.1 Å². The number of rotatable bonds is 4. The van der Waals surface area contributed by atoms with Crippen molar-refractivity contribution in [3.63, 3.8) is 0 Å². The molecule has 35 heavy (non-hydrogen) atoms. The molecule has 2 unspecified atom stereocenters. The molecule has 178 valence electrons. The highest BCUT2D eigenvalue weighted by atomic mass is 79.9. The van der Waals surface area contributed by atoms with Crippen molar-refractivity contribution in [3.8, 4) is 22.5 Å². The summed E-state index contributed by atoms with van der Waals surface area (Å²) in [6.45, 7) is 5.08. The number of hydrogen-bond donors (Lipinski definition) is 0. The third kappa shape index (κ3) is 5.71. The van der Waals surface area contributed by atoms with E-state index in [1.807, 2.05) is 0 Å². The molecule has 0 amide bonds. The van der Waals surface area contributed by atoms with E-state index in [4.69, 9.17) is 14.7 Å². The maximum Gasteiger partial charge on any atom is 0.141 e. The number of benzene rings is 2. The number of nitrogens with zero attached hydrogens (tertiary/aromatic N) is 2. The Morgan fingerprint density at radius 2 is 1.49 bits per heavy atom. The highest BCUT2D eigenvalue weighted by Crippen LogP contribution is 2.31. The summed E-state index contributed by atoms with van der Waals surface area (Å²) >= 11 is 3.72. The summed E-state index contributed by atoms with van der Waals surface area (Å²) in [5, 5.41) is 0. The first-order valence-corrected chi connectivity index (χ1v) is 13.3. The zero-order valence-electron chi connectivity index (χ0n) is 20.4. The molecule has 0 fully saturated rings. The van der Waals surface area contributed by atoms with Gasteiger partial charge in [-0.3, -0.25) is 0 Å². The van der Waals surface area contributed by atoms with Gasteiger partial charge in [-0.15, -0.1) is 0 Å². The molecule has 0 saturated heterocycles. The van der Waals surface area contributed by atoms with E-state index in [9.17, 15) is 0 Å². The van der Waals surface area contributed by atoms with E-state index in [0.717, 1.165) is 64.1 Å². The molecule has 5 rings (SSSR count). The summed E-state index contributed by atoms with van der Waals surface area (Å²) in [4.78, 5) is 10.2. The fourth-order valence-corrected chi connectivity index (χ4v) is 5.08. The van der Waals surface area contributed by atoms with E-state index < -0.39 is 0 Å². The van der Waals surface area contributed by atoms with Crippen molar-refractivity contribution in [1.29, 1.82) is 0 Å². The van der Waals surface area contributed by atoms with Crippen LogP contribution in [0.15, 0.2) is 83.3 Å². The van der Waals surface area contributed by atoms with Gasteiger partial charge in [-0.2, -0.15) is 0 Å². The molecule has 0 aliphatic carbocycles. The first-order valence-electron chi connectivity index (χ1n) is 12.5. The van der Waals surface area contributed by atoms with Gasteiger partial charge in [0.1, 0.15) is 6.10 Å². The van der Waals surface area contributed by atoms with Gasteiger partial charge in [-0.05, 0) is 84.8 Å². The second kappa shape index (κ2) is 10.8. The largest absolute Gasteiger partial charge is 0.365 e. The highest BCUT2D eigenvalue weighted by molar-refractivity contribution is 9.10. The van der Waals surface area contributed by atoms with Crippen LogP contribution < -0.4 is 0 Å². The van der Waals surface area contributed by atoms with E-state index in [-0.39, 0.29) is 6.10 Å². The first-order chi connectivity index (χ1) is 17.1. The molecule has 0 spiro atoms. The summed E-state index contributed by atoms with van der Waals surface area (Å²) in [5.41, 5.74) is 8.63. The second-order valence-electron chi connectivity index (χ2n) is 9.52. The predicted octanol–water partition coefficient (Wildman–Crippen LogP) is 8.21. The predicted molar refractivity (Wildman–Crippen MR) is 146 cm³/mol. The molecule has 0 radical (unpaired) electrons. The normalized spacial score (nSPS) is 16.0. The van der Waals surface area contributed by atoms with Crippen LogP contribution in [0.3, 0.4) is 0 Å². The number of aryl methyl sites for hydroxylation is 2. The van der Waals surface area contributed by atoms with Crippen molar-refractivity contribution in [2.75, 3.05) is 6.61 Å². The van der Waals surface area contributed by atoms with Gasteiger partial charge < -0.3 is 4.74 Å². The first kappa shape index (κ1) is 23.9. The van der Waals surface area contributed by atoms with Crippen molar-refractivity contribution >= 4 is 15.9 Å². The third-order valence-electron chi connectivity index (χ3n) is 6.73.